The molecular formula is C27H28ClIO5S. The number of ether oxygens (including phenoxy) is 5. The van der Waals surface area contributed by atoms with Crippen molar-refractivity contribution in [1.82, 2.24) is 0 Å². The summed E-state index contributed by atoms with van der Waals surface area (Å²) in [6.07, 6.45) is 1.57. The molecule has 0 bridgehead atoms. The molecule has 1 aliphatic rings. The van der Waals surface area contributed by atoms with Crippen LogP contribution in [0.5, 0.6) is 23.0 Å². The minimum absolute atomic E-state index is 0.0839. The second-order valence-corrected chi connectivity index (χ2v) is 11.3. The molecular weight excluding hydrogens is 599 g/mol. The van der Waals surface area contributed by atoms with E-state index >= 15 is 0 Å². The van der Waals surface area contributed by atoms with E-state index in [1.807, 2.05) is 54.6 Å². The summed E-state index contributed by atoms with van der Waals surface area (Å²) in [5.74, 6) is 2.62. The molecule has 0 spiro atoms. The van der Waals surface area contributed by atoms with Gasteiger partial charge >= 0.3 is 0 Å². The van der Waals surface area contributed by atoms with Crippen LogP contribution >= 0.6 is 46.0 Å². The Hall–Kier alpha value is -1.81. The van der Waals surface area contributed by atoms with Gasteiger partial charge in [-0.15, -0.1) is 23.4 Å². The number of hydrogen-bond donors (Lipinski definition) is 0. The molecule has 0 radical (unpaired) electrons. The number of rotatable bonds is 10. The lowest BCUT2D eigenvalue weighted by Gasteiger charge is -2.20. The Labute approximate surface area is 229 Å². The van der Waals surface area contributed by atoms with Crippen molar-refractivity contribution in [3.63, 3.8) is 0 Å². The van der Waals surface area contributed by atoms with E-state index < -0.39 is 0 Å². The summed E-state index contributed by atoms with van der Waals surface area (Å²) in [4.78, 5) is 1.12. The molecule has 3 atom stereocenters. The quantitative estimate of drug-likeness (QED) is 0.131. The van der Waals surface area contributed by atoms with Crippen LogP contribution in [0, 0.1) is 3.57 Å². The molecule has 8 heteroatoms. The molecule has 1 heterocycles. The zero-order valence-corrected chi connectivity index (χ0v) is 23.6. The van der Waals surface area contributed by atoms with Crippen molar-refractivity contribution in [2.24, 2.45) is 0 Å². The summed E-state index contributed by atoms with van der Waals surface area (Å²) in [6.45, 7) is 0.387. The molecule has 35 heavy (non-hydrogen) atoms. The van der Waals surface area contributed by atoms with Crippen LogP contribution in [0.1, 0.15) is 36.2 Å². The third-order valence-corrected chi connectivity index (χ3v) is 7.77. The molecule has 0 aromatic heterocycles. The Balaban J connectivity index is 1.48. The van der Waals surface area contributed by atoms with Crippen LogP contribution in [0.3, 0.4) is 0 Å². The highest BCUT2D eigenvalue weighted by molar-refractivity contribution is 14.1. The summed E-state index contributed by atoms with van der Waals surface area (Å²) in [5, 5.41) is 0. The van der Waals surface area contributed by atoms with E-state index in [9.17, 15) is 0 Å². The van der Waals surface area contributed by atoms with Gasteiger partial charge in [-0.05, 0) is 83.5 Å². The maximum absolute atomic E-state index is 6.56. The van der Waals surface area contributed by atoms with Crippen LogP contribution in [-0.2, 0) is 4.74 Å². The monoisotopic (exact) mass is 626 g/mol. The first-order valence-electron chi connectivity index (χ1n) is 11.3. The van der Waals surface area contributed by atoms with Crippen molar-refractivity contribution in [3.8, 4) is 23.0 Å². The fourth-order valence-corrected chi connectivity index (χ4v) is 5.77. The first-order valence-corrected chi connectivity index (χ1v) is 13.6. The minimum atomic E-state index is -0.207. The molecule has 1 saturated heterocycles. The first kappa shape index (κ1) is 26.3. The van der Waals surface area contributed by atoms with Gasteiger partial charge in [0, 0.05) is 14.0 Å². The third kappa shape index (κ3) is 6.50. The van der Waals surface area contributed by atoms with Crippen molar-refractivity contribution in [3.05, 3.63) is 75.4 Å². The van der Waals surface area contributed by atoms with E-state index in [0.717, 1.165) is 38.2 Å². The highest BCUT2D eigenvalue weighted by Crippen LogP contribution is 2.47. The highest BCUT2D eigenvalue weighted by atomic mass is 127. The summed E-state index contributed by atoms with van der Waals surface area (Å²) in [6, 6.07) is 20.2. The van der Waals surface area contributed by atoms with Gasteiger partial charge in [-0.1, -0.05) is 18.2 Å². The average molecular weight is 627 g/mol. The van der Waals surface area contributed by atoms with Gasteiger partial charge in [0.2, 0.25) is 5.75 Å². The highest BCUT2D eigenvalue weighted by Gasteiger charge is 2.31. The Morgan fingerprint density at radius 1 is 0.914 bits per heavy atom. The molecule has 0 aliphatic carbocycles. The van der Waals surface area contributed by atoms with Gasteiger partial charge in [-0.2, -0.15) is 0 Å². The lowest BCUT2D eigenvalue weighted by molar-refractivity contribution is 0.0421. The minimum Gasteiger partial charge on any atom is -0.493 e. The normalized spacial score (nSPS) is 18.2. The lowest BCUT2D eigenvalue weighted by Crippen LogP contribution is -2.11. The number of alkyl halides is 1. The lowest BCUT2D eigenvalue weighted by atomic mass is 10.0. The Bertz CT molecular complexity index is 1100. The second kappa shape index (κ2) is 12.4. The first-order chi connectivity index (χ1) is 17.0. The van der Waals surface area contributed by atoms with E-state index in [2.05, 4.69) is 28.7 Å². The molecule has 0 N–H and O–H groups in total. The summed E-state index contributed by atoms with van der Waals surface area (Å²) in [5.41, 5.74) is 2.04. The van der Waals surface area contributed by atoms with E-state index in [0.29, 0.717) is 23.9 Å². The van der Waals surface area contributed by atoms with Gasteiger partial charge in [0.05, 0.1) is 33.5 Å². The molecule has 4 rings (SSSR count). The van der Waals surface area contributed by atoms with E-state index in [1.165, 1.54) is 0 Å². The molecule has 1 aliphatic heterocycles. The van der Waals surface area contributed by atoms with Crippen LogP contribution in [0.25, 0.3) is 0 Å². The zero-order valence-electron chi connectivity index (χ0n) is 19.8. The van der Waals surface area contributed by atoms with Crippen LogP contribution in [-0.4, -0.2) is 32.6 Å². The van der Waals surface area contributed by atoms with Crippen LogP contribution in [0.2, 0.25) is 0 Å². The molecule has 3 aromatic rings. The average Bonchev–Trinajstić information content (AvgIpc) is 3.38. The van der Waals surface area contributed by atoms with Crippen molar-refractivity contribution < 1.29 is 23.7 Å². The third-order valence-electron chi connectivity index (χ3n) is 5.77. The number of methoxy groups -OCH3 is 3. The number of halogens is 2. The molecule has 186 valence electrons. The second-order valence-electron chi connectivity index (χ2n) is 7.98. The Kier molecular flexibility index (Phi) is 9.33. The van der Waals surface area contributed by atoms with Crippen molar-refractivity contribution in [2.45, 2.75) is 34.7 Å². The molecule has 0 amide bonds. The Morgan fingerprint density at radius 2 is 1.60 bits per heavy atom. The van der Waals surface area contributed by atoms with E-state index in [1.54, 1.807) is 33.1 Å². The van der Waals surface area contributed by atoms with Gasteiger partial charge < -0.3 is 23.7 Å². The molecule has 1 fully saturated rings. The smallest absolute Gasteiger partial charge is 0.203 e. The molecule has 5 nitrogen and oxygen atoms in total. The van der Waals surface area contributed by atoms with Gasteiger partial charge in [-0.3, -0.25) is 0 Å². The van der Waals surface area contributed by atoms with Crippen molar-refractivity contribution in [1.29, 1.82) is 0 Å². The largest absolute Gasteiger partial charge is 0.493 e. The van der Waals surface area contributed by atoms with Gasteiger partial charge in [0.15, 0.2) is 11.5 Å². The number of benzene rings is 3. The maximum atomic E-state index is 6.56. The zero-order chi connectivity index (χ0) is 24.8. The molecule has 0 saturated carbocycles. The Morgan fingerprint density at radius 3 is 2.26 bits per heavy atom. The fourth-order valence-electron chi connectivity index (χ4n) is 4.14. The van der Waals surface area contributed by atoms with Crippen LogP contribution < -0.4 is 18.9 Å². The molecule has 3 aromatic carbocycles. The fraction of sp³-hybridized carbons (Fsp3) is 0.333. The SMILES string of the molecule is COc1cc(C2CCC(c3cc(I)ccc3OCC(Cl)Sc3ccccc3)O2)cc(OC)c1OC. The standard InChI is InChI=1S/C27H28ClIO5S/c1-30-24-13-17(14-25(31-2)27(24)32-3)21-11-12-23(34-21)20-15-18(29)9-10-22(20)33-16-26(28)35-19-7-5-4-6-8-19/h4-10,13-15,21,23,26H,11-12,16H2,1-3H3. The van der Waals surface area contributed by atoms with Crippen LogP contribution in [0.15, 0.2) is 65.6 Å². The van der Waals surface area contributed by atoms with E-state index in [-0.39, 0.29) is 16.9 Å². The summed E-state index contributed by atoms with van der Waals surface area (Å²) in [7, 11) is 4.84. The van der Waals surface area contributed by atoms with Gasteiger partial charge in [0.1, 0.15) is 17.1 Å². The van der Waals surface area contributed by atoms with Gasteiger partial charge in [0.25, 0.3) is 0 Å². The maximum Gasteiger partial charge on any atom is 0.203 e. The predicted octanol–water partition coefficient (Wildman–Crippen LogP) is 7.65. The number of hydrogen-bond acceptors (Lipinski definition) is 6. The van der Waals surface area contributed by atoms with Crippen molar-refractivity contribution >= 4 is 46.0 Å². The molecule has 3 unspecified atom stereocenters. The van der Waals surface area contributed by atoms with Crippen molar-refractivity contribution in [2.75, 3.05) is 27.9 Å². The van der Waals surface area contributed by atoms with Gasteiger partial charge in [-0.25, -0.2) is 0 Å². The summed E-state index contributed by atoms with van der Waals surface area (Å²) < 4.78 is 30.2. The summed E-state index contributed by atoms with van der Waals surface area (Å²) >= 11 is 10.5. The predicted molar refractivity (Wildman–Crippen MR) is 148 cm³/mol. The van der Waals surface area contributed by atoms with E-state index in [4.69, 9.17) is 35.3 Å². The topological polar surface area (TPSA) is 46.2 Å². The number of thioether (sulfide) groups is 1. The van der Waals surface area contributed by atoms with Crippen LogP contribution in [0.4, 0.5) is 0 Å².